The number of amides is 1. The normalized spacial score (nSPS) is 10.5. The third kappa shape index (κ3) is 4.25. The molecule has 26 heavy (non-hydrogen) atoms. The van der Waals surface area contributed by atoms with Crippen LogP contribution in [0.3, 0.4) is 0 Å². The predicted molar refractivity (Wildman–Crippen MR) is 96.1 cm³/mol. The average molecular weight is 395 g/mol. The number of nitrogens with one attached hydrogen (secondary N) is 2. The minimum atomic E-state index is -0.887. The van der Waals surface area contributed by atoms with Gasteiger partial charge in [0.1, 0.15) is 23.1 Å². The molecule has 0 aliphatic rings. The summed E-state index contributed by atoms with van der Waals surface area (Å²) in [5.41, 5.74) is 0.366. The molecular formula is C17H10Cl2F2N4O. The number of aromatic nitrogens is 2. The van der Waals surface area contributed by atoms with Gasteiger partial charge < -0.3 is 10.6 Å². The van der Waals surface area contributed by atoms with Crippen LogP contribution < -0.4 is 10.6 Å². The number of carbonyl (C=O) groups is 1. The number of halogens is 4. The lowest BCUT2D eigenvalue weighted by Gasteiger charge is -2.09. The molecule has 0 radical (unpaired) electrons. The molecule has 0 unspecified atom stereocenters. The molecule has 9 heteroatoms. The lowest BCUT2D eigenvalue weighted by molar-refractivity contribution is 0.102. The van der Waals surface area contributed by atoms with Gasteiger partial charge in [0.25, 0.3) is 5.91 Å². The highest BCUT2D eigenvalue weighted by molar-refractivity contribution is 6.36. The van der Waals surface area contributed by atoms with Gasteiger partial charge in [-0.05, 0) is 30.3 Å². The molecule has 0 fully saturated rings. The minimum absolute atomic E-state index is 0.0403. The first-order valence-electron chi connectivity index (χ1n) is 7.23. The van der Waals surface area contributed by atoms with Crippen molar-refractivity contribution in [3.05, 3.63) is 76.2 Å². The highest BCUT2D eigenvalue weighted by atomic mass is 35.5. The summed E-state index contributed by atoms with van der Waals surface area (Å²) in [5.74, 6) is -1.96. The molecular weight excluding hydrogens is 385 g/mol. The number of carbonyl (C=O) groups excluding carboxylic acids is 1. The van der Waals surface area contributed by atoms with Gasteiger partial charge in [0.2, 0.25) is 0 Å². The first kappa shape index (κ1) is 18.0. The lowest BCUT2D eigenvalue weighted by atomic mass is 10.3. The van der Waals surface area contributed by atoms with Crippen molar-refractivity contribution in [2.75, 3.05) is 10.6 Å². The number of nitrogens with zero attached hydrogens (tertiary/aromatic N) is 2. The second-order valence-electron chi connectivity index (χ2n) is 5.11. The Balaban J connectivity index is 1.71. The fraction of sp³-hybridized carbons (Fsp3) is 0. The molecule has 0 spiro atoms. The van der Waals surface area contributed by atoms with Gasteiger partial charge in [-0.2, -0.15) is 0 Å². The molecule has 3 rings (SSSR count). The Morgan fingerprint density at radius 3 is 2.38 bits per heavy atom. The van der Waals surface area contributed by atoms with Crippen molar-refractivity contribution in [2.24, 2.45) is 0 Å². The third-order valence-electron chi connectivity index (χ3n) is 3.26. The monoisotopic (exact) mass is 394 g/mol. The first-order chi connectivity index (χ1) is 12.4. The summed E-state index contributed by atoms with van der Waals surface area (Å²) in [6.07, 6.45) is 2.53. The predicted octanol–water partition coefficient (Wildman–Crippen LogP) is 5.06. The average Bonchev–Trinajstić information content (AvgIpc) is 2.60. The molecule has 2 N–H and O–H groups in total. The van der Waals surface area contributed by atoms with Crippen LogP contribution in [0.4, 0.5) is 26.0 Å². The summed E-state index contributed by atoms with van der Waals surface area (Å²) in [5, 5.41) is 6.12. The van der Waals surface area contributed by atoms with Gasteiger partial charge in [0.15, 0.2) is 0 Å². The second-order valence-corrected chi connectivity index (χ2v) is 5.96. The van der Waals surface area contributed by atoms with Crippen molar-refractivity contribution in [3.63, 3.8) is 0 Å². The summed E-state index contributed by atoms with van der Waals surface area (Å²) in [6, 6.07) is 7.72. The zero-order valence-corrected chi connectivity index (χ0v) is 14.4. The standard InChI is InChI=1S/C17H10Cl2F2N4O/c18-9-1-3-13(11(19)5-9)24-16-8-22-15(7-23-16)17(26)25-14-4-2-10(20)6-12(14)21/h1-8H,(H,23,24)(H,25,26). The van der Waals surface area contributed by atoms with Crippen LogP contribution in [0.25, 0.3) is 0 Å². The molecule has 1 amide bonds. The van der Waals surface area contributed by atoms with Crippen LogP contribution >= 0.6 is 23.2 Å². The van der Waals surface area contributed by atoms with Crippen LogP contribution in [0.5, 0.6) is 0 Å². The van der Waals surface area contributed by atoms with Crippen molar-refractivity contribution in [3.8, 4) is 0 Å². The van der Waals surface area contributed by atoms with Crippen LogP contribution in [0.15, 0.2) is 48.8 Å². The van der Waals surface area contributed by atoms with Gasteiger partial charge in [-0.1, -0.05) is 23.2 Å². The van der Waals surface area contributed by atoms with Gasteiger partial charge in [-0.15, -0.1) is 0 Å². The van der Waals surface area contributed by atoms with E-state index in [0.29, 0.717) is 27.6 Å². The first-order valence-corrected chi connectivity index (χ1v) is 7.98. The van der Waals surface area contributed by atoms with E-state index in [0.717, 1.165) is 12.1 Å². The molecule has 5 nitrogen and oxygen atoms in total. The molecule has 0 bridgehead atoms. The van der Waals surface area contributed by atoms with E-state index in [9.17, 15) is 13.6 Å². The lowest BCUT2D eigenvalue weighted by Crippen LogP contribution is -2.15. The summed E-state index contributed by atoms with van der Waals surface area (Å²) in [7, 11) is 0. The van der Waals surface area contributed by atoms with E-state index in [1.807, 2.05) is 0 Å². The molecule has 0 saturated heterocycles. The molecule has 132 valence electrons. The Hall–Kier alpha value is -2.77. The van der Waals surface area contributed by atoms with E-state index in [-0.39, 0.29) is 11.4 Å². The van der Waals surface area contributed by atoms with Crippen LogP contribution in [0, 0.1) is 11.6 Å². The fourth-order valence-corrected chi connectivity index (χ4v) is 2.47. The maximum atomic E-state index is 13.6. The quantitative estimate of drug-likeness (QED) is 0.648. The Labute approximate surface area is 157 Å². The van der Waals surface area contributed by atoms with Crippen molar-refractivity contribution in [2.45, 2.75) is 0 Å². The maximum absolute atomic E-state index is 13.6. The van der Waals surface area contributed by atoms with E-state index < -0.39 is 17.5 Å². The molecule has 0 aliphatic carbocycles. The second kappa shape index (κ2) is 7.63. The summed E-state index contributed by atoms with van der Waals surface area (Å²) >= 11 is 11.9. The van der Waals surface area contributed by atoms with E-state index in [1.165, 1.54) is 12.4 Å². The van der Waals surface area contributed by atoms with Crippen LogP contribution in [-0.2, 0) is 0 Å². The SMILES string of the molecule is O=C(Nc1ccc(F)cc1F)c1cnc(Nc2ccc(Cl)cc2Cl)cn1. The molecule has 1 heterocycles. The summed E-state index contributed by atoms with van der Waals surface area (Å²) in [6.45, 7) is 0. The molecule has 0 aliphatic heterocycles. The Morgan fingerprint density at radius 1 is 0.962 bits per heavy atom. The van der Waals surface area contributed by atoms with Crippen molar-refractivity contribution in [1.82, 2.24) is 9.97 Å². The Morgan fingerprint density at radius 2 is 1.73 bits per heavy atom. The number of hydrogen-bond donors (Lipinski definition) is 2. The van der Waals surface area contributed by atoms with E-state index in [1.54, 1.807) is 18.2 Å². The molecule has 0 saturated carbocycles. The van der Waals surface area contributed by atoms with E-state index in [2.05, 4.69) is 20.6 Å². The summed E-state index contributed by atoms with van der Waals surface area (Å²) < 4.78 is 26.5. The highest BCUT2D eigenvalue weighted by Crippen LogP contribution is 2.27. The Kier molecular flexibility index (Phi) is 5.29. The maximum Gasteiger partial charge on any atom is 0.275 e. The molecule has 1 aromatic heterocycles. The number of rotatable bonds is 4. The van der Waals surface area contributed by atoms with Crippen molar-refractivity contribution < 1.29 is 13.6 Å². The zero-order valence-electron chi connectivity index (χ0n) is 12.9. The van der Waals surface area contributed by atoms with Gasteiger partial charge in [-0.25, -0.2) is 18.7 Å². The zero-order chi connectivity index (χ0) is 18.7. The Bertz CT molecular complexity index is 967. The van der Waals surface area contributed by atoms with E-state index in [4.69, 9.17) is 23.2 Å². The third-order valence-corrected chi connectivity index (χ3v) is 3.81. The van der Waals surface area contributed by atoms with Crippen LogP contribution in [0.2, 0.25) is 10.0 Å². The van der Waals surface area contributed by atoms with Crippen molar-refractivity contribution >= 4 is 46.3 Å². The number of hydrogen-bond acceptors (Lipinski definition) is 4. The molecule has 3 aromatic rings. The smallest absolute Gasteiger partial charge is 0.275 e. The number of benzene rings is 2. The van der Waals surface area contributed by atoms with Crippen molar-refractivity contribution in [1.29, 1.82) is 0 Å². The highest BCUT2D eigenvalue weighted by Gasteiger charge is 2.12. The summed E-state index contributed by atoms with van der Waals surface area (Å²) in [4.78, 5) is 20.1. The van der Waals surface area contributed by atoms with Gasteiger partial charge in [0, 0.05) is 11.1 Å². The van der Waals surface area contributed by atoms with Gasteiger partial charge >= 0.3 is 0 Å². The minimum Gasteiger partial charge on any atom is -0.338 e. The largest absolute Gasteiger partial charge is 0.338 e. The van der Waals surface area contributed by atoms with E-state index >= 15 is 0 Å². The number of anilines is 3. The molecule has 2 aromatic carbocycles. The van der Waals surface area contributed by atoms with Gasteiger partial charge in [-0.3, -0.25) is 4.79 Å². The fourth-order valence-electron chi connectivity index (χ4n) is 2.02. The molecule has 0 atom stereocenters. The van der Waals surface area contributed by atoms with Crippen LogP contribution in [0.1, 0.15) is 10.5 Å². The van der Waals surface area contributed by atoms with Gasteiger partial charge in [0.05, 0.1) is 28.8 Å². The topological polar surface area (TPSA) is 66.9 Å². The van der Waals surface area contributed by atoms with Crippen LogP contribution in [-0.4, -0.2) is 15.9 Å².